The number of carbonyl (C=O) groups excluding carboxylic acids is 1. The van der Waals surface area contributed by atoms with Crippen LogP contribution in [0.4, 0.5) is 0 Å². The lowest BCUT2D eigenvalue weighted by molar-refractivity contribution is -0.121. The van der Waals surface area contributed by atoms with Crippen LogP contribution in [0.5, 0.6) is 0 Å². The Bertz CT molecular complexity index is 900. The molecule has 1 N–H and O–H groups in total. The van der Waals surface area contributed by atoms with Crippen molar-refractivity contribution in [3.63, 3.8) is 0 Å². The number of nitrogens with one attached hydrogen (secondary N) is 1. The van der Waals surface area contributed by atoms with Crippen LogP contribution in [0.2, 0.25) is 0 Å². The lowest BCUT2D eigenvalue weighted by Gasteiger charge is -2.06. The molecule has 0 fully saturated rings. The summed E-state index contributed by atoms with van der Waals surface area (Å²) in [5.74, 6) is -0.162. The molecule has 6 heteroatoms. The maximum Gasteiger partial charge on any atom is 0.262 e. The molecular formula is C18H19N3O2S. The fraction of sp³-hybridized carbons (Fsp3) is 0.278. The number of amides is 1. The maximum atomic E-state index is 12.6. The zero-order chi connectivity index (χ0) is 16.9. The van der Waals surface area contributed by atoms with Crippen LogP contribution >= 0.6 is 11.3 Å². The Labute approximate surface area is 144 Å². The first-order chi connectivity index (χ1) is 11.7. The summed E-state index contributed by atoms with van der Waals surface area (Å²) >= 11 is 1.48. The third-order valence-corrected chi connectivity index (χ3v) is 4.84. The zero-order valence-corrected chi connectivity index (χ0v) is 14.3. The van der Waals surface area contributed by atoms with E-state index in [4.69, 9.17) is 0 Å². The molecule has 0 radical (unpaired) electrons. The molecule has 0 saturated heterocycles. The lowest BCUT2D eigenvalue weighted by atomic mass is 10.2. The molecule has 0 unspecified atom stereocenters. The largest absolute Gasteiger partial charge is 0.355 e. The first kappa shape index (κ1) is 16.4. The number of carbonyl (C=O) groups is 1. The minimum absolute atomic E-state index is 0.00199. The number of nitrogens with zero attached hydrogens (tertiary/aromatic N) is 2. The molecule has 24 heavy (non-hydrogen) atoms. The van der Waals surface area contributed by atoms with E-state index in [1.165, 1.54) is 22.2 Å². The molecule has 0 aliphatic rings. The standard InChI is InChI=1S/C18H19N3O2S/c1-2-3-9-19-16(22)11-21-12-20-17-14(18(21)23)10-15(24-17)13-7-5-4-6-8-13/h4-8,10,12H,2-3,9,11H2,1H3,(H,19,22). The second-order valence-electron chi connectivity index (χ2n) is 5.58. The molecule has 3 rings (SSSR count). The minimum Gasteiger partial charge on any atom is -0.355 e. The molecule has 0 bridgehead atoms. The highest BCUT2D eigenvalue weighted by atomic mass is 32.1. The summed E-state index contributed by atoms with van der Waals surface area (Å²) in [7, 11) is 0. The van der Waals surface area contributed by atoms with E-state index < -0.39 is 0 Å². The summed E-state index contributed by atoms with van der Waals surface area (Å²) < 4.78 is 1.37. The van der Waals surface area contributed by atoms with Crippen molar-refractivity contribution in [3.8, 4) is 10.4 Å². The van der Waals surface area contributed by atoms with Gasteiger partial charge in [0.25, 0.3) is 5.56 Å². The molecule has 1 amide bonds. The van der Waals surface area contributed by atoms with Crippen LogP contribution in [-0.4, -0.2) is 22.0 Å². The van der Waals surface area contributed by atoms with Gasteiger partial charge in [0.15, 0.2) is 0 Å². The van der Waals surface area contributed by atoms with E-state index in [1.807, 2.05) is 36.4 Å². The number of benzene rings is 1. The summed E-state index contributed by atoms with van der Waals surface area (Å²) in [6.45, 7) is 2.70. The zero-order valence-electron chi connectivity index (χ0n) is 13.5. The fourth-order valence-electron chi connectivity index (χ4n) is 2.43. The third-order valence-electron chi connectivity index (χ3n) is 3.74. The van der Waals surface area contributed by atoms with Crippen LogP contribution in [0.3, 0.4) is 0 Å². The quantitative estimate of drug-likeness (QED) is 0.701. The maximum absolute atomic E-state index is 12.6. The Morgan fingerprint density at radius 2 is 2.08 bits per heavy atom. The lowest BCUT2D eigenvalue weighted by Crippen LogP contribution is -2.32. The Morgan fingerprint density at radius 1 is 1.29 bits per heavy atom. The van der Waals surface area contributed by atoms with Gasteiger partial charge in [0.05, 0.1) is 11.7 Å². The fourth-order valence-corrected chi connectivity index (χ4v) is 3.43. The van der Waals surface area contributed by atoms with Crippen molar-refractivity contribution in [1.29, 1.82) is 0 Å². The Kier molecular flexibility index (Phi) is 5.05. The van der Waals surface area contributed by atoms with Gasteiger partial charge in [-0.05, 0) is 18.1 Å². The second kappa shape index (κ2) is 7.40. The van der Waals surface area contributed by atoms with Gasteiger partial charge in [-0.15, -0.1) is 11.3 Å². The minimum atomic E-state index is -0.177. The Hall–Kier alpha value is -2.47. The number of rotatable bonds is 6. The van der Waals surface area contributed by atoms with Crippen LogP contribution in [0.1, 0.15) is 19.8 Å². The van der Waals surface area contributed by atoms with Crippen LogP contribution in [-0.2, 0) is 11.3 Å². The first-order valence-electron chi connectivity index (χ1n) is 8.00. The van der Waals surface area contributed by atoms with Gasteiger partial charge in [0, 0.05) is 11.4 Å². The van der Waals surface area contributed by atoms with Gasteiger partial charge in [0.2, 0.25) is 5.91 Å². The van der Waals surface area contributed by atoms with Crippen molar-refractivity contribution in [2.45, 2.75) is 26.3 Å². The van der Waals surface area contributed by atoms with Gasteiger partial charge in [-0.1, -0.05) is 43.7 Å². The molecule has 0 aliphatic carbocycles. The summed E-state index contributed by atoms with van der Waals surface area (Å²) in [6, 6.07) is 11.8. The normalized spacial score (nSPS) is 10.9. The van der Waals surface area contributed by atoms with Crippen LogP contribution < -0.4 is 10.9 Å². The molecule has 2 heterocycles. The molecule has 0 spiro atoms. The molecular weight excluding hydrogens is 322 g/mol. The van der Waals surface area contributed by atoms with Crippen molar-refractivity contribution in [2.24, 2.45) is 0 Å². The highest BCUT2D eigenvalue weighted by Crippen LogP contribution is 2.30. The highest BCUT2D eigenvalue weighted by Gasteiger charge is 2.12. The van der Waals surface area contributed by atoms with E-state index in [-0.39, 0.29) is 18.0 Å². The molecule has 3 aromatic rings. The Morgan fingerprint density at radius 3 is 2.83 bits per heavy atom. The molecule has 5 nitrogen and oxygen atoms in total. The van der Waals surface area contributed by atoms with Gasteiger partial charge in [-0.3, -0.25) is 14.2 Å². The van der Waals surface area contributed by atoms with E-state index in [9.17, 15) is 9.59 Å². The summed E-state index contributed by atoms with van der Waals surface area (Å²) in [5.41, 5.74) is 0.882. The summed E-state index contributed by atoms with van der Waals surface area (Å²) in [5, 5.41) is 3.37. The number of hydrogen-bond donors (Lipinski definition) is 1. The van der Waals surface area contributed by atoms with Crippen molar-refractivity contribution >= 4 is 27.5 Å². The monoisotopic (exact) mass is 341 g/mol. The number of hydrogen-bond acceptors (Lipinski definition) is 4. The predicted octanol–water partition coefficient (Wildman–Crippen LogP) is 3.04. The highest BCUT2D eigenvalue weighted by molar-refractivity contribution is 7.21. The Balaban J connectivity index is 1.85. The van der Waals surface area contributed by atoms with E-state index in [0.29, 0.717) is 16.8 Å². The summed E-state index contributed by atoms with van der Waals surface area (Å²) in [6.07, 6.45) is 3.41. The topological polar surface area (TPSA) is 64.0 Å². The number of aromatic nitrogens is 2. The van der Waals surface area contributed by atoms with E-state index in [1.54, 1.807) is 0 Å². The predicted molar refractivity (Wildman–Crippen MR) is 97.2 cm³/mol. The van der Waals surface area contributed by atoms with Crippen LogP contribution in [0.25, 0.3) is 20.7 Å². The summed E-state index contributed by atoms with van der Waals surface area (Å²) in [4.78, 5) is 30.5. The average molecular weight is 341 g/mol. The number of fused-ring (bicyclic) bond motifs is 1. The van der Waals surface area contributed by atoms with Gasteiger partial charge in [-0.2, -0.15) is 0 Å². The van der Waals surface area contributed by atoms with Crippen LogP contribution in [0.15, 0.2) is 47.5 Å². The van der Waals surface area contributed by atoms with Crippen molar-refractivity contribution < 1.29 is 4.79 Å². The number of unbranched alkanes of at least 4 members (excludes halogenated alkanes) is 1. The van der Waals surface area contributed by atoms with Gasteiger partial charge in [-0.25, -0.2) is 4.98 Å². The molecule has 0 atom stereocenters. The third kappa shape index (κ3) is 3.54. The average Bonchev–Trinajstić information content (AvgIpc) is 3.04. The number of thiophene rings is 1. The second-order valence-corrected chi connectivity index (χ2v) is 6.61. The smallest absolute Gasteiger partial charge is 0.262 e. The van der Waals surface area contributed by atoms with Gasteiger partial charge < -0.3 is 5.32 Å². The van der Waals surface area contributed by atoms with E-state index in [2.05, 4.69) is 17.2 Å². The van der Waals surface area contributed by atoms with Crippen molar-refractivity contribution in [3.05, 3.63) is 53.1 Å². The molecule has 2 aromatic heterocycles. The van der Waals surface area contributed by atoms with Gasteiger partial charge in [0.1, 0.15) is 11.4 Å². The van der Waals surface area contributed by atoms with Crippen LogP contribution in [0, 0.1) is 0 Å². The molecule has 124 valence electrons. The van der Waals surface area contributed by atoms with E-state index in [0.717, 1.165) is 23.3 Å². The van der Waals surface area contributed by atoms with Crippen molar-refractivity contribution in [1.82, 2.24) is 14.9 Å². The molecule has 0 aliphatic heterocycles. The van der Waals surface area contributed by atoms with Gasteiger partial charge >= 0.3 is 0 Å². The van der Waals surface area contributed by atoms with Crippen molar-refractivity contribution in [2.75, 3.05) is 6.54 Å². The first-order valence-corrected chi connectivity index (χ1v) is 8.82. The SMILES string of the molecule is CCCCNC(=O)Cn1cnc2sc(-c3ccccc3)cc2c1=O. The van der Waals surface area contributed by atoms with E-state index >= 15 is 0 Å². The molecule has 0 saturated carbocycles. The molecule has 1 aromatic carbocycles.